The third-order valence-corrected chi connectivity index (χ3v) is 5.39. The quantitative estimate of drug-likeness (QED) is 0.373. The molecule has 1 aliphatic rings. The van der Waals surface area contributed by atoms with Gasteiger partial charge in [-0.3, -0.25) is 19.2 Å². The van der Waals surface area contributed by atoms with E-state index in [9.17, 15) is 19.2 Å². The first-order valence-corrected chi connectivity index (χ1v) is 9.66. The fourth-order valence-corrected chi connectivity index (χ4v) is 3.22. The Morgan fingerprint density at radius 3 is 2.77 bits per heavy atom. The van der Waals surface area contributed by atoms with Gasteiger partial charge < -0.3 is 16.2 Å². The number of rotatable bonds is 6. The molecule has 0 spiro atoms. The van der Waals surface area contributed by atoms with Crippen molar-refractivity contribution in [2.75, 3.05) is 12.5 Å². The van der Waals surface area contributed by atoms with Crippen LogP contribution < -0.4 is 17.0 Å². The third-order valence-electron chi connectivity index (χ3n) is 5.39. The maximum atomic E-state index is 12.9. The Bertz CT molecular complexity index is 1050. The van der Waals surface area contributed by atoms with Crippen molar-refractivity contribution in [3.05, 3.63) is 28.6 Å². The molecule has 2 amide bonds. The van der Waals surface area contributed by atoms with Crippen LogP contribution in [0.1, 0.15) is 39.2 Å². The summed E-state index contributed by atoms with van der Waals surface area (Å²) in [5.74, 6) is -2.04. The number of carbonyl (C=O) groups excluding carboxylic acids is 3. The number of nitrogens with zero attached hydrogens (tertiary/aromatic N) is 4. The van der Waals surface area contributed by atoms with Crippen molar-refractivity contribution in [2.45, 2.75) is 45.2 Å². The molecule has 1 aromatic heterocycles. The van der Waals surface area contributed by atoms with E-state index in [1.165, 1.54) is 0 Å². The van der Waals surface area contributed by atoms with Gasteiger partial charge in [-0.05, 0) is 24.5 Å². The van der Waals surface area contributed by atoms with E-state index < -0.39 is 42.2 Å². The van der Waals surface area contributed by atoms with Crippen molar-refractivity contribution in [1.29, 1.82) is 0 Å². The highest BCUT2D eigenvalue weighted by molar-refractivity contribution is 5.99. The number of carbonyl (C=O) groups is 3. The molecule has 0 saturated carbocycles. The third kappa shape index (κ3) is 3.88. The van der Waals surface area contributed by atoms with Crippen molar-refractivity contribution >= 4 is 34.4 Å². The maximum absolute atomic E-state index is 12.9. The van der Waals surface area contributed by atoms with Gasteiger partial charge in [0, 0.05) is 12.1 Å². The zero-order chi connectivity index (χ0) is 22.0. The van der Waals surface area contributed by atoms with Crippen LogP contribution in [-0.4, -0.2) is 50.5 Å². The Morgan fingerprint density at radius 2 is 2.07 bits per heavy atom. The minimum Gasteiger partial charge on any atom is -0.443 e. The van der Waals surface area contributed by atoms with Crippen molar-refractivity contribution in [2.24, 2.45) is 11.7 Å². The highest BCUT2D eigenvalue weighted by Crippen LogP contribution is 2.23. The molecule has 2 heterocycles. The van der Waals surface area contributed by atoms with Crippen molar-refractivity contribution in [1.82, 2.24) is 19.9 Å². The molecular formula is C19H24N6O5. The number of imide groups is 1. The van der Waals surface area contributed by atoms with Crippen molar-refractivity contribution in [3.63, 3.8) is 0 Å². The molecule has 30 heavy (non-hydrogen) atoms. The van der Waals surface area contributed by atoms with Crippen molar-refractivity contribution < 1.29 is 19.1 Å². The SMILES string of the molecule is CCC(C)C(N)C(=O)OCN1C(=O)CCC(n2nnc3cccc(N)c3c2=O)C1=O. The van der Waals surface area contributed by atoms with Gasteiger partial charge in [0.15, 0.2) is 6.73 Å². The molecule has 1 aromatic carbocycles. The molecule has 3 unspecified atom stereocenters. The van der Waals surface area contributed by atoms with Crippen molar-refractivity contribution in [3.8, 4) is 0 Å². The van der Waals surface area contributed by atoms with Gasteiger partial charge >= 0.3 is 5.97 Å². The number of aromatic nitrogens is 3. The first-order valence-electron chi connectivity index (χ1n) is 9.66. The van der Waals surface area contributed by atoms with Gasteiger partial charge in [-0.2, -0.15) is 4.68 Å². The lowest BCUT2D eigenvalue weighted by Gasteiger charge is -2.30. The average Bonchev–Trinajstić information content (AvgIpc) is 2.73. The molecule has 160 valence electrons. The van der Waals surface area contributed by atoms with Crippen LogP contribution >= 0.6 is 0 Å². The molecule has 1 saturated heterocycles. The summed E-state index contributed by atoms with van der Waals surface area (Å²) in [6.45, 7) is 3.11. The number of likely N-dealkylation sites (tertiary alicyclic amines) is 1. The molecule has 4 N–H and O–H groups in total. The number of nitrogen functional groups attached to an aromatic ring is 1. The fourth-order valence-electron chi connectivity index (χ4n) is 3.22. The summed E-state index contributed by atoms with van der Waals surface area (Å²) >= 11 is 0. The van der Waals surface area contributed by atoms with Crippen LogP contribution in [0.2, 0.25) is 0 Å². The molecule has 0 radical (unpaired) electrons. The van der Waals surface area contributed by atoms with Gasteiger partial charge in [-0.15, -0.1) is 5.10 Å². The van der Waals surface area contributed by atoms with E-state index >= 15 is 0 Å². The second-order valence-electron chi connectivity index (χ2n) is 7.30. The minimum atomic E-state index is -1.06. The van der Waals surface area contributed by atoms with Gasteiger partial charge in [0.2, 0.25) is 5.91 Å². The molecule has 3 rings (SSSR count). The Labute approximate surface area is 171 Å². The summed E-state index contributed by atoms with van der Waals surface area (Å²) in [4.78, 5) is 50.9. The standard InChI is InChI=1S/C19H24N6O5/c1-3-10(2)16(21)19(29)30-9-24-14(26)8-7-13(17(24)27)25-18(28)15-11(20)5-4-6-12(15)22-23-25/h4-6,10,13,16H,3,7-9,20-21H2,1-2H3. The number of ether oxygens (including phenoxy) is 1. The van der Waals surface area contributed by atoms with E-state index in [0.717, 1.165) is 9.58 Å². The number of piperidine rings is 1. The number of fused-ring (bicyclic) bond motifs is 1. The highest BCUT2D eigenvalue weighted by atomic mass is 16.5. The molecule has 11 heteroatoms. The van der Waals surface area contributed by atoms with Gasteiger partial charge in [0.1, 0.15) is 17.6 Å². The molecule has 11 nitrogen and oxygen atoms in total. The van der Waals surface area contributed by atoms with Crippen LogP contribution in [0, 0.1) is 5.92 Å². The summed E-state index contributed by atoms with van der Waals surface area (Å²) in [6.07, 6.45) is 0.718. The van der Waals surface area contributed by atoms with E-state index in [-0.39, 0.29) is 29.8 Å². The molecular weight excluding hydrogens is 392 g/mol. The summed E-state index contributed by atoms with van der Waals surface area (Å²) in [5.41, 5.74) is 11.6. The molecule has 2 aromatic rings. The lowest BCUT2D eigenvalue weighted by Crippen LogP contribution is -2.50. The van der Waals surface area contributed by atoms with Crippen LogP contribution in [0.15, 0.2) is 23.0 Å². The molecule has 1 fully saturated rings. The molecule has 3 atom stereocenters. The second kappa shape index (κ2) is 8.57. The Morgan fingerprint density at radius 1 is 1.33 bits per heavy atom. The van der Waals surface area contributed by atoms with Gasteiger partial charge in [-0.1, -0.05) is 31.5 Å². The van der Waals surface area contributed by atoms with Gasteiger partial charge in [-0.25, -0.2) is 4.90 Å². The zero-order valence-corrected chi connectivity index (χ0v) is 16.8. The summed E-state index contributed by atoms with van der Waals surface area (Å²) in [6, 6.07) is 2.85. The number of amides is 2. The number of benzene rings is 1. The highest BCUT2D eigenvalue weighted by Gasteiger charge is 2.38. The number of nitrogens with two attached hydrogens (primary N) is 2. The second-order valence-corrected chi connectivity index (χ2v) is 7.30. The number of hydrogen-bond acceptors (Lipinski definition) is 9. The van der Waals surface area contributed by atoms with Crippen LogP contribution in [0.25, 0.3) is 10.9 Å². The lowest BCUT2D eigenvalue weighted by molar-refractivity contribution is -0.164. The van der Waals surface area contributed by atoms with Crippen LogP contribution in [0.4, 0.5) is 5.69 Å². The average molecular weight is 416 g/mol. The first kappa shape index (κ1) is 21.4. The van der Waals surface area contributed by atoms with Gasteiger partial charge in [0.05, 0.1) is 5.39 Å². The fraction of sp³-hybridized carbons (Fsp3) is 0.474. The zero-order valence-electron chi connectivity index (χ0n) is 16.8. The Hall–Kier alpha value is -3.34. The van der Waals surface area contributed by atoms with E-state index in [4.69, 9.17) is 16.2 Å². The number of esters is 1. The van der Waals surface area contributed by atoms with E-state index in [1.54, 1.807) is 25.1 Å². The molecule has 1 aliphatic heterocycles. The van der Waals surface area contributed by atoms with Crippen LogP contribution in [0.3, 0.4) is 0 Å². The summed E-state index contributed by atoms with van der Waals surface area (Å²) in [5, 5.41) is 7.96. The maximum Gasteiger partial charge on any atom is 0.324 e. The largest absolute Gasteiger partial charge is 0.443 e. The van der Waals surface area contributed by atoms with Crippen LogP contribution in [0.5, 0.6) is 0 Å². The van der Waals surface area contributed by atoms with E-state index in [0.29, 0.717) is 11.9 Å². The Kier molecular flexibility index (Phi) is 6.11. The predicted molar refractivity (Wildman–Crippen MR) is 107 cm³/mol. The monoisotopic (exact) mass is 416 g/mol. The van der Waals surface area contributed by atoms with Gasteiger partial charge in [0.25, 0.3) is 11.5 Å². The lowest BCUT2D eigenvalue weighted by atomic mass is 10.0. The van der Waals surface area contributed by atoms with E-state index in [2.05, 4.69) is 10.3 Å². The number of hydrogen-bond donors (Lipinski definition) is 2. The first-order chi connectivity index (χ1) is 14.3. The summed E-state index contributed by atoms with van der Waals surface area (Å²) in [7, 11) is 0. The summed E-state index contributed by atoms with van der Waals surface area (Å²) < 4.78 is 6.01. The topological polar surface area (TPSA) is 164 Å². The van der Waals surface area contributed by atoms with E-state index in [1.807, 2.05) is 6.92 Å². The Balaban J connectivity index is 1.83. The van der Waals surface area contributed by atoms with Crippen LogP contribution in [-0.2, 0) is 19.1 Å². The normalized spacial score (nSPS) is 19.0. The predicted octanol–water partition coefficient (Wildman–Crippen LogP) is -0.0621. The molecule has 0 bridgehead atoms. The number of anilines is 1. The smallest absolute Gasteiger partial charge is 0.324 e. The molecule has 0 aliphatic carbocycles. The minimum absolute atomic E-state index is 0.0260.